The molecule has 0 radical (unpaired) electrons. The Morgan fingerprint density at radius 1 is 0.250 bits per heavy atom. The zero-order valence-corrected chi connectivity index (χ0v) is 12.1. The van der Waals surface area contributed by atoms with Gasteiger partial charge in [-0.05, 0) is 0 Å². The van der Waals surface area contributed by atoms with Crippen LogP contribution in [0.1, 0.15) is 0 Å². The van der Waals surface area contributed by atoms with Gasteiger partial charge in [0.05, 0.1) is 79.3 Å². The molecule has 0 aromatic rings. The predicted molar refractivity (Wildman–Crippen MR) is 70.9 cm³/mol. The van der Waals surface area contributed by atoms with E-state index in [9.17, 15) is 0 Å². The van der Waals surface area contributed by atoms with E-state index in [1.807, 2.05) is 0 Å². The second-order valence-electron chi connectivity index (χ2n) is 4.00. The van der Waals surface area contributed by atoms with E-state index >= 15 is 0 Å². The SMILES string of the molecule is C1COCCOCCOCOCCOCCOCCO1. The van der Waals surface area contributed by atoms with Crippen LogP contribution in [0.5, 0.6) is 0 Å². The average Bonchev–Trinajstić information content (AvgIpc) is 2.46. The zero-order valence-electron chi connectivity index (χ0n) is 12.1. The quantitative estimate of drug-likeness (QED) is 0.626. The van der Waals surface area contributed by atoms with Gasteiger partial charge in [0, 0.05) is 0 Å². The molecule has 1 fully saturated rings. The molecule has 0 unspecified atom stereocenters. The van der Waals surface area contributed by atoms with Gasteiger partial charge in [-0.15, -0.1) is 0 Å². The Labute approximate surface area is 120 Å². The molecule has 1 saturated heterocycles. The maximum absolute atomic E-state index is 5.34. The molecule has 1 heterocycles. The summed E-state index contributed by atoms with van der Waals surface area (Å²) in [6.45, 7) is 6.87. The lowest BCUT2D eigenvalue weighted by Gasteiger charge is -2.09. The molecule has 0 bridgehead atoms. The predicted octanol–water partition coefficient (Wildman–Crippen LogP) is 0.0737. The van der Waals surface area contributed by atoms with E-state index in [1.165, 1.54) is 0 Å². The van der Waals surface area contributed by atoms with Crippen molar-refractivity contribution in [3.05, 3.63) is 0 Å². The van der Waals surface area contributed by atoms with Gasteiger partial charge in [0.2, 0.25) is 0 Å². The fourth-order valence-electron chi connectivity index (χ4n) is 1.39. The van der Waals surface area contributed by atoms with Gasteiger partial charge in [0.1, 0.15) is 6.79 Å². The third-order valence-corrected chi connectivity index (χ3v) is 2.40. The van der Waals surface area contributed by atoms with Crippen LogP contribution in [0.15, 0.2) is 0 Å². The van der Waals surface area contributed by atoms with Crippen molar-refractivity contribution in [3.63, 3.8) is 0 Å². The average molecular weight is 294 g/mol. The second kappa shape index (κ2) is 15.1. The summed E-state index contributed by atoms with van der Waals surface area (Å²) >= 11 is 0. The molecule has 120 valence electrons. The van der Waals surface area contributed by atoms with E-state index in [4.69, 9.17) is 33.2 Å². The van der Waals surface area contributed by atoms with E-state index in [-0.39, 0.29) is 6.79 Å². The summed E-state index contributed by atoms with van der Waals surface area (Å²) in [4.78, 5) is 0. The van der Waals surface area contributed by atoms with E-state index in [0.29, 0.717) is 79.3 Å². The van der Waals surface area contributed by atoms with E-state index in [1.54, 1.807) is 0 Å². The molecule has 0 atom stereocenters. The Morgan fingerprint density at radius 2 is 0.450 bits per heavy atom. The van der Waals surface area contributed by atoms with Gasteiger partial charge in [-0.1, -0.05) is 0 Å². The summed E-state index contributed by atoms with van der Waals surface area (Å²) in [5, 5.41) is 0. The fourth-order valence-corrected chi connectivity index (χ4v) is 1.39. The van der Waals surface area contributed by atoms with Gasteiger partial charge < -0.3 is 33.2 Å². The third kappa shape index (κ3) is 12.7. The normalized spacial score (nSPS) is 24.0. The molecule has 1 rings (SSSR count). The Morgan fingerprint density at radius 3 is 0.700 bits per heavy atom. The molecule has 0 amide bonds. The smallest absolute Gasteiger partial charge is 0.146 e. The van der Waals surface area contributed by atoms with E-state index in [0.717, 1.165) is 0 Å². The van der Waals surface area contributed by atoms with Crippen LogP contribution in [0.3, 0.4) is 0 Å². The molecule has 1 aliphatic heterocycles. The van der Waals surface area contributed by atoms with Crippen LogP contribution >= 0.6 is 0 Å². The molecule has 1 aliphatic rings. The zero-order chi connectivity index (χ0) is 14.1. The van der Waals surface area contributed by atoms with Gasteiger partial charge in [0.25, 0.3) is 0 Å². The first-order valence-electron chi connectivity index (χ1n) is 7.04. The van der Waals surface area contributed by atoms with Crippen LogP contribution in [-0.4, -0.2) is 86.1 Å². The van der Waals surface area contributed by atoms with Crippen molar-refractivity contribution in [1.29, 1.82) is 0 Å². The van der Waals surface area contributed by atoms with Crippen LogP contribution in [0, 0.1) is 0 Å². The molecule has 0 spiro atoms. The lowest BCUT2D eigenvalue weighted by Crippen LogP contribution is -2.16. The summed E-state index contributed by atoms with van der Waals surface area (Å²) in [6.07, 6.45) is 0. The second-order valence-corrected chi connectivity index (χ2v) is 4.00. The molecule has 7 nitrogen and oxygen atoms in total. The molecule has 0 aromatic carbocycles. The summed E-state index contributed by atoms with van der Waals surface area (Å²) in [6, 6.07) is 0. The van der Waals surface area contributed by atoms with Crippen molar-refractivity contribution in [1.82, 2.24) is 0 Å². The summed E-state index contributed by atoms with van der Waals surface area (Å²) in [7, 11) is 0. The molecule has 0 aromatic heterocycles. The Kier molecular flexibility index (Phi) is 13.4. The van der Waals surface area contributed by atoms with Gasteiger partial charge in [0.15, 0.2) is 0 Å². The van der Waals surface area contributed by atoms with Gasteiger partial charge >= 0.3 is 0 Å². The maximum Gasteiger partial charge on any atom is 0.146 e. The van der Waals surface area contributed by atoms with Crippen LogP contribution in [0.25, 0.3) is 0 Å². The highest BCUT2D eigenvalue weighted by Gasteiger charge is 1.95. The molecule has 0 saturated carbocycles. The number of ether oxygens (including phenoxy) is 7. The molecular formula is C13H26O7. The number of hydrogen-bond donors (Lipinski definition) is 0. The van der Waals surface area contributed by atoms with Crippen LogP contribution in [-0.2, 0) is 33.2 Å². The van der Waals surface area contributed by atoms with Crippen LogP contribution < -0.4 is 0 Å². The lowest BCUT2D eigenvalue weighted by molar-refractivity contribution is -0.0877. The topological polar surface area (TPSA) is 64.6 Å². The van der Waals surface area contributed by atoms with Crippen molar-refractivity contribution in [2.24, 2.45) is 0 Å². The van der Waals surface area contributed by atoms with Crippen molar-refractivity contribution in [3.8, 4) is 0 Å². The van der Waals surface area contributed by atoms with Crippen LogP contribution in [0.4, 0.5) is 0 Å². The monoisotopic (exact) mass is 294 g/mol. The standard InChI is InChI=1S/C13H26O7/c1-3-15-5-7-17-9-11-19-13-20-12-10-18-8-6-16-4-2-14-1/h1-13H2. The Hall–Kier alpha value is -0.280. The van der Waals surface area contributed by atoms with Crippen molar-refractivity contribution >= 4 is 0 Å². The molecule has 0 aliphatic carbocycles. The van der Waals surface area contributed by atoms with E-state index in [2.05, 4.69) is 0 Å². The maximum atomic E-state index is 5.34. The van der Waals surface area contributed by atoms with Gasteiger partial charge in [-0.25, -0.2) is 0 Å². The van der Waals surface area contributed by atoms with Gasteiger partial charge in [-0.2, -0.15) is 0 Å². The Balaban J connectivity index is 2.00. The molecule has 7 heteroatoms. The van der Waals surface area contributed by atoms with Crippen molar-refractivity contribution < 1.29 is 33.2 Å². The highest BCUT2D eigenvalue weighted by atomic mass is 16.7. The van der Waals surface area contributed by atoms with E-state index < -0.39 is 0 Å². The highest BCUT2D eigenvalue weighted by molar-refractivity contribution is 4.37. The minimum absolute atomic E-state index is 0.261. The first-order valence-corrected chi connectivity index (χ1v) is 7.04. The molecule has 0 N–H and O–H groups in total. The fraction of sp³-hybridized carbons (Fsp3) is 1.00. The molecular weight excluding hydrogens is 268 g/mol. The number of hydrogen-bond acceptors (Lipinski definition) is 7. The van der Waals surface area contributed by atoms with Gasteiger partial charge in [-0.3, -0.25) is 0 Å². The lowest BCUT2D eigenvalue weighted by atomic mass is 10.7. The largest absolute Gasteiger partial charge is 0.377 e. The minimum Gasteiger partial charge on any atom is -0.377 e. The summed E-state index contributed by atoms with van der Waals surface area (Å²) in [5.41, 5.74) is 0. The highest BCUT2D eigenvalue weighted by Crippen LogP contribution is 1.86. The summed E-state index contributed by atoms with van der Waals surface area (Å²) < 4.78 is 37.1. The first-order chi connectivity index (χ1) is 10.0. The van der Waals surface area contributed by atoms with Crippen molar-refractivity contribution in [2.75, 3.05) is 86.1 Å². The minimum atomic E-state index is 0.261. The number of rotatable bonds is 0. The van der Waals surface area contributed by atoms with Crippen LogP contribution in [0.2, 0.25) is 0 Å². The first kappa shape index (κ1) is 17.8. The molecule has 20 heavy (non-hydrogen) atoms. The Bertz CT molecular complexity index is 105. The van der Waals surface area contributed by atoms with Crippen molar-refractivity contribution in [2.45, 2.75) is 0 Å². The summed E-state index contributed by atoms with van der Waals surface area (Å²) in [5.74, 6) is 0. The third-order valence-electron chi connectivity index (χ3n) is 2.40.